The Balaban J connectivity index is 2.45. The lowest BCUT2D eigenvalue weighted by molar-refractivity contribution is -0.159. The van der Waals surface area contributed by atoms with Gasteiger partial charge in [-0.2, -0.15) is 0 Å². The number of carbonyl (C=O) groups excluding carboxylic acids is 2. The third-order valence-corrected chi connectivity index (χ3v) is 3.13. The topological polar surface area (TPSA) is 122 Å². The number of nitrogens with one attached hydrogen (secondary N) is 1. The van der Waals surface area contributed by atoms with Gasteiger partial charge in [-0.05, 0) is 12.8 Å². The first-order valence-corrected chi connectivity index (χ1v) is 6.35. The van der Waals surface area contributed by atoms with Gasteiger partial charge in [-0.1, -0.05) is 13.8 Å². The lowest BCUT2D eigenvalue weighted by Gasteiger charge is -2.47. The number of carbonyl (C=O) groups is 3. The van der Waals surface area contributed by atoms with Crippen LogP contribution in [-0.2, 0) is 14.3 Å². The van der Waals surface area contributed by atoms with Gasteiger partial charge in [0, 0.05) is 0 Å². The van der Waals surface area contributed by atoms with Crippen molar-refractivity contribution in [2.24, 2.45) is 11.7 Å². The number of hydrogen-bond acceptors (Lipinski definition) is 4. The standard InChI is InChI=1S/C12H21N3O5/c1-7(2)9(10(13)18)14-11(19)15-5-12(3,6-15)20-4-8(16)17/h7,9H,4-6H2,1-3H3,(H2,13,18)(H,14,19)(H,16,17). The Kier molecular flexibility index (Phi) is 4.93. The molecule has 1 fully saturated rings. The van der Waals surface area contributed by atoms with E-state index in [2.05, 4.69) is 5.32 Å². The number of aliphatic carboxylic acids is 1. The first kappa shape index (κ1) is 16.2. The van der Waals surface area contributed by atoms with Crippen LogP contribution in [0, 0.1) is 5.92 Å². The van der Waals surface area contributed by atoms with Crippen LogP contribution in [0.5, 0.6) is 0 Å². The van der Waals surface area contributed by atoms with Crippen molar-refractivity contribution in [3.05, 3.63) is 0 Å². The summed E-state index contributed by atoms with van der Waals surface area (Å²) in [6.45, 7) is 5.44. The molecule has 8 heteroatoms. The fourth-order valence-corrected chi connectivity index (χ4v) is 2.02. The zero-order chi connectivity index (χ0) is 15.5. The summed E-state index contributed by atoms with van der Waals surface area (Å²) in [4.78, 5) is 35.0. The Morgan fingerprint density at radius 1 is 1.40 bits per heavy atom. The molecule has 114 valence electrons. The molecule has 20 heavy (non-hydrogen) atoms. The summed E-state index contributed by atoms with van der Waals surface area (Å²) >= 11 is 0. The lowest BCUT2D eigenvalue weighted by atomic mass is 9.96. The number of ether oxygens (including phenoxy) is 1. The molecule has 1 rings (SSSR count). The first-order valence-electron chi connectivity index (χ1n) is 6.35. The van der Waals surface area contributed by atoms with E-state index in [0.29, 0.717) is 0 Å². The van der Waals surface area contributed by atoms with Gasteiger partial charge in [0.25, 0.3) is 0 Å². The molecule has 1 aliphatic heterocycles. The maximum Gasteiger partial charge on any atom is 0.329 e. The molecule has 1 aliphatic rings. The van der Waals surface area contributed by atoms with E-state index in [1.807, 2.05) is 0 Å². The second-order valence-corrected chi connectivity index (χ2v) is 5.56. The van der Waals surface area contributed by atoms with Gasteiger partial charge in [0.15, 0.2) is 0 Å². The van der Waals surface area contributed by atoms with E-state index >= 15 is 0 Å². The first-order chi connectivity index (χ1) is 9.14. The highest BCUT2D eigenvalue weighted by Gasteiger charge is 2.43. The second kappa shape index (κ2) is 6.08. The zero-order valence-corrected chi connectivity index (χ0v) is 11.9. The third-order valence-electron chi connectivity index (χ3n) is 3.13. The number of primary amides is 1. The van der Waals surface area contributed by atoms with E-state index in [0.717, 1.165) is 0 Å². The predicted molar refractivity (Wildman–Crippen MR) is 69.9 cm³/mol. The van der Waals surface area contributed by atoms with Crippen LogP contribution in [0.15, 0.2) is 0 Å². The van der Waals surface area contributed by atoms with Crippen LogP contribution in [0.4, 0.5) is 4.79 Å². The van der Waals surface area contributed by atoms with E-state index in [-0.39, 0.29) is 19.0 Å². The highest BCUT2D eigenvalue weighted by Crippen LogP contribution is 2.24. The molecule has 1 saturated heterocycles. The smallest absolute Gasteiger partial charge is 0.329 e. The molecule has 0 radical (unpaired) electrons. The fraction of sp³-hybridized carbons (Fsp3) is 0.750. The summed E-state index contributed by atoms with van der Waals surface area (Å²) in [5.41, 5.74) is 4.56. The minimum atomic E-state index is -1.05. The highest BCUT2D eigenvalue weighted by molar-refractivity contribution is 5.86. The minimum Gasteiger partial charge on any atom is -0.480 e. The Morgan fingerprint density at radius 2 is 1.95 bits per heavy atom. The number of likely N-dealkylation sites (tertiary alicyclic amines) is 1. The summed E-state index contributed by atoms with van der Waals surface area (Å²) in [6.07, 6.45) is 0. The maximum absolute atomic E-state index is 11.9. The van der Waals surface area contributed by atoms with Crippen molar-refractivity contribution in [2.75, 3.05) is 19.7 Å². The van der Waals surface area contributed by atoms with Gasteiger partial charge in [0.2, 0.25) is 5.91 Å². The Morgan fingerprint density at radius 3 is 2.35 bits per heavy atom. The van der Waals surface area contributed by atoms with E-state index < -0.39 is 36.2 Å². The van der Waals surface area contributed by atoms with Gasteiger partial charge < -0.3 is 25.8 Å². The van der Waals surface area contributed by atoms with Gasteiger partial charge in [-0.15, -0.1) is 0 Å². The number of urea groups is 1. The van der Waals surface area contributed by atoms with Gasteiger partial charge in [0.1, 0.15) is 18.2 Å². The van der Waals surface area contributed by atoms with Crippen molar-refractivity contribution in [3.8, 4) is 0 Å². The van der Waals surface area contributed by atoms with E-state index in [9.17, 15) is 14.4 Å². The number of amides is 3. The maximum atomic E-state index is 11.9. The van der Waals surface area contributed by atoms with Crippen molar-refractivity contribution < 1.29 is 24.2 Å². The molecule has 1 atom stereocenters. The lowest BCUT2D eigenvalue weighted by Crippen LogP contribution is -2.66. The summed E-state index contributed by atoms with van der Waals surface area (Å²) in [6, 6.07) is -1.13. The third kappa shape index (κ3) is 4.09. The second-order valence-electron chi connectivity index (χ2n) is 5.56. The number of nitrogens with zero attached hydrogens (tertiary/aromatic N) is 1. The molecule has 3 amide bonds. The molecule has 8 nitrogen and oxygen atoms in total. The van der Waals surface area contributed by atoms with Crippen LogP contribution in [0.25, 0.3) is 0 Å². The van der Waals surface area contributed by atoms with Crippen LogP contribution in [0.2, 0.25) is 0 Å². The van der Waals surface area contributed by atoms with Crippen molar-refractivity contribution >= 4 is 17.9 Å². The molecule has 0 spiro atoms. The van der Waals surface area contributed by atoms with Crippen LogP contribution in [-0.4, -0.2) is 59.3 Å². The van der Waals surface area contributed by atoms with Crippen molar-refractivity contribution in [1.82, 2.24) is 10.2 Å². The summed E-state index contributed by atoms with van der Waals surface area (Å²) in [5, 5.41) is 11.1. The normalized spacial score (nSPS) is 18.3. The molecule has 1 heterocycles. The van der Waals surface area contributed by atoms with E-state index in [4.69, 9.17) is 15.6 Å². The van der Waals surface area contributed by atoms with Crippen LogP contribution in [0.1, 0.15) is 20.8 Å². The van der Waals surface area contributed by atoms with Gasteiger partial charge >= 0.3 is 12.0 Å². The molecule has 0 aliphatic carbocycles. The average molecular weight is 287 g/mol. The number of rotatable bonds is 6. The average Bonchev–Trinajstić information content (AvgIpc) is 2.28. The number of carboxylic acids is 1. The van der Waals surface area contributed by atoms with E-state index in [1.165, 1.54) is 4.90 Å². The Hall–Kier alpha value is -1.83. The summed E-state index contributed by atoms with van der Waals surface area (Å²) in [5.74, 6) is -1.74. The molecule has 1 unspecified atom stereocenters. The van der Waals surface area contributed by atoms with Crippen molar-refractivity contribution in [1.29, 1.82) is 0 Å². The predicted octanol–water partition coefficient (Wildman–Crippen LogP) is -0.619. The summed E-state index contributed by atoms with van der Waals surface area (Å²) < 4.78 is 5.19. The molecule has 0 aromatic carbocycles. The molecular formula is C12H21N3O5. The number of carboxylic acid groups (broad SMARTS) is 1. The number of nitrogens with two attached hydrogens (primary N) is 1. The quantitative estimate of drug-likeness (QED) is 0.601. The van der Waals surface area contributed by atoms with Gasteiger partial charge in [0.05, 0.1) is 13.1 Å². The molecule has 0 bridgehead atoms. The van der Waals surface area contributed by atoms with Crippen LogP contribution >= 0.6 is 0 Å². The monoisotopic (exact) mass is 287 g/mol. The minimum absolute atomic E-state index is 0.104. The number of hydrogen-bond donors (Lipinski definition) is 3. The highest BCUT2D eigenvalue weighted by atomic mass is 16.5. The van der Waals surface area contributed by atoms with Crippen molar-refractivity contribution in [3.63, 3.8) is 0 Å². The van der Waals surface area contributed by atoms with E-state index in [1.54, 1.807) is 20.8 Å². The van der Waals surface area contributed by atoms with Crippen molar-refractivity contribution in [2.45, 2.75) is 32.4 Å². The molecule has 0 aromatic heterocycles. The largest absolute Gasteiger partial charge is 0.480 e. The Bertz CT molecular complexity index is 404. The fourth-order valence-electron chi connectivity index (χ4n) is 2.02. The molecule has 0 aromatic rings. The molecule has 4 N–H and O–H groups in total. The van der Waals surface area contributed by atoms with Crippen LogP contribution < -0.4 is 11.1 Å². The van der Waals surface area contributed by atoms with Gasteiger partial charge in [-0.25, -0.2) is 9.59 Å². The zero-order valence-electron chi connectivity index (χ0n) is 11.9. The Labute approximate surface area is 117 Å². The molecule has 0 saturated carbocycles. The molecular weight excluding hydrogens is 266 g/mol. The van der Waals surface area contributed by atoms with Gasteiger partial charge in [-0.3, -0.25) is 4.79 Å². The van der Waals surface area contributed by atoms with Crippen LogP contribution in [0.3, 0.4) is 0 Å². The summed E-state index contributed by atoms with van der Waals surface area (Å²) in [7, 11) is 0. The SMILES string of the molecule is CC(C)C(NC(=O)N1CC(C)(OCC(=O)O)C1)C(N)=O.